The number of aryl methyl sites for hydroxylation is 2. The molecule has 6 heterocycles. The molecular formula is C36H46N4O5S2. The summed E-state index contributed by atoms with van der Waals surface area (Å²) >= 11 is 1.58. The standard InChI is InChI=1S/C36H46N4O5S2/c1-22-17-23(2)19-25(18-22)32-31(29(41)21-38-11-9-24(10-12-38)34(42)39-13-15-47(44,45)16-14-39)28-20-30(46-33(28)37-32)36(3,4)35(43)40-26-5-6-27(40)8-7-26/h17-20,24,26-27,37H,5-16,21H2,1-4H3. The van der Waals surface area contributed by atoms with Crippen LogP contribution in [0.4, 0.5) is 0 Å². The van der Waals surface area contributed by atoms with Crippen LogP contribution >= 0.6 is 11.3 Å². The van der Waals surface area contributed by atoms with Crippen molar-refractivity contribution in [1.29, 1.82) is 0 Å². The fourth-order valence-corrected chi connectivity index (χ4v) is 10.8. The molecule has 252 valence electrons. The molecule has 0 saturated carbocycles. The van der Waals surface area contributed by atoms with E-state index in [4.69, 9.17) is 0 Å². The molecule has 1 N–H and O–H groups in total. The molecule has 4 saturated heterocycles. The molecule has 2 amide bonds. The Morgan fingerprint density at radius 2 is 1.47 bits per heavy atom. The van der Waals surface area contributed by atoms with Gasteiger partial charge in [0.2, 0.25) is 11.8 Å². The molecule has 2 bridgehead atoms. The van der Waals surface area contributed by atoms with Crippen molar-refractivity contribution in [2.45, 2.75) is 83.7 Å². The summed E-state index contributed by atoms with van der Waals surface area (Å²) < 4.78 is 23.7. The van der Waals surface area contributed by atoms with E-state index in [0.717, 1.165) is 63.2 Å². The van der Waals surface area contributed by atoms with E-state index < -0.39 is 15.3 Å². The molecule has 0 radical (unpaired) electrons. The Morgan fingerprint density at radius 1 is 0.872 bits per heavy atom. The second-order valence-corrected chi connectivity index (χ2v) is 18.2. The minimum absolute atomic E-state index is 0.0301. The predicted molar refractivity (Wildman–Crippen MR) is 186 cm³/mol. The summed E-state index contributed by atoms with van der Waals surface area (Å²) in [6.45, 7) is 10.2. The number of fused-ring (bicyclic) bond motifs is 3. The number of benzene rings is 1. The van der Waals surface area contributed by atoms with Gasteiger partial charge in [0.1, 0.15) is 4.83 Å². The van der Waals surface area contributed by atoms with Crippen LogP contribution in [0.3, 0.4) is 0 Å². The number of thiophene rings is 1. The molecule has 1 aromatic carbocycles. The molecule has 2 aromatic heterocycles. The van der Waals surface area contributed by atoms with Gasteiger partial charge in [0.15, 0.2) is 15.6 Å². The van der Waals surface area contributed by atoms with Gasteiger partial charge in [-0.3, -0.25) is 19.3 Å². The van der Waals surface area contributed by atoms with Gasteiger partial charge in [-0.25, -0.2) is 8.42 Å². The number of carbonyl (C=O) groups is 3. The van der Waals surface area contributed by atoms with Crippen LogP contribution in [-0.4, -0.2) is 102 Å². The highest BCUT2D eigenvalue weighted by molar-refractivity contribution is 7.91. The van der Waals surface area contributed by atoms with Crippen LogP contribution in [-0.2, 0) is 24.8 Å². The molecule has 11 heteroatoms. The van der Waals surface area contributed by atoms with E-state index in [0.29, 0.717) is 43.6 Å². The molecule has 3 aromatic rings. The summed E-state index contributed by atoms with van der Waals surface area (Å²) in [5.41, 5.74) is 4.03. The van der Waals surface area contributed by atoms with Gasteiger partial charge >= 0.3 is 0 Å². The Bertz CT molecular complexity index is 1790. The number of hydrogen-bond acceptors (Lipinski definition) is 7. The Kier molecular flexibility index (Phi) is 8.40. The lowest BCUT2D eigenvalue weighted by Gasteiger charge is -2.35. The Morgan fingerprint density at radius 3 is 2.06 bits per heavy atom. The number of nitrogens with zero attached hydrogens (tertiary/aromatic N) is 3. The first-order chi connectivity index (χ1) is 22.3. The lowest BCUT2D eigenvalue weighted by molar-refractivity contribution is -0.137. The van der Waals surface area contributed by atoms with Crippen molar-refractivity contribution in [1.82, 2.24) is 19.7 Å². The van der Waals surface area contributed by atoms with Gasteiger partial charge in [-0.15, -0.1) is 11.3 Å². The topological polar surface area (TPSA) is 111 Å². The van der Waals surface area contributed by atoms with Crippen molar-refractivity contribution < 1.29 is 22.8 Å². The smallest absolute Gasteiger partial charge is 0.233 e. The first-order valence-electron chi connectivity index (χ1n) is 17.1. The van der Waals surface area contributed by atoms with Crippen molar-refractivity contribution >= 4 is 49.0 Å². The van der Waals surface area contributed by atoms with Gasteiger partial charge in [0, 0.05) is 41.4 Å². The molecular weight excluding hydrogens is 633 g/mol. The maximum absolute atomic E-state index is 14.3. The Hall–Kier alpha value is -3.02. The lowest BCUT2D eigenvalue weighted by Crippen LogP contribution is -2.48. The summed E-state index contributed by atoms with van der Waals surface area (Å²) in [6.07, 6.45) is 5.71. The molecule has 4 aliphatic heterocycles. The lowest BCUT2D eigenvalue weighted by atomic mass is 9.88. The van der Waals surface area contributed by atoms with Gasteiger partial charge in [0.25, 0.3) is 0 Å². The summed E-state index contributed by atoms with van der Waals surface area (Å²) in [6, 6.07) is 9.15. The second kappa shape index (κ2) is 12.1. The van der Waals surface area contributed by atoms with Gasteiger partial charge in [-0.1, -0.05) is 17.2 Å². The van der Waals surface area contributed by atoms with Gasteiger partial charge in [-0.05, 0) is 103 Å². The number of nitrogens with one attached hydrogen (secondary N) is 1. The quantitative estimate of drug-likeness (QED) is 0.349. The maximum Gasteiger partial charge on any atom is 0.233 e. The highest BCUT2D eigenvalue weighted by atomic mass is 32.2. The number of aromatic amines is 1. The number of amides is 2. The van der Waals surface area contributed by atoms with Crippen molar-refractivity contribution in [3.63, 3.8) is 0 Å². The minimum Gasteiger partial charge on any atom is -0.346 e. The molecule has 0 spiro atoms. The number of ketones is 1. The van der Waals surface area contributed by atoms with E-state index >= 15 is 0 Å². The average molecular weight is 679 g/mol. The van der Waals surface area contributed by atoms with Crippen LogP contribution in [0.1, 0.15) is 78.7 Å². The molecule has 0 unspecified atom stereocenters. The summed E-state index contributed by atoms with van der Waals surface area (Å²) in [4.78, 5) is 52.9. The molecule has 9 nitrogen and oxygen atoms in total. The molecule has 0 atom stereocenters. The number of carbonyl (C=O) groups excluding carboxylic acids is 3. The third-order valence-electron chi connectivity index (χ3n) is 11.1. The molecule has 0 aliphatic carbocycles. The SMILES string of the molecule is Cc1cc(C)cc(-c2[nH]c3sc(C(C)(C)C(=O)N4C5CCC4CC5)cc3c2C(=O)CN2CCC(C(=O)N3CCS(=O)(=O)CC3)CC2)c1. The maximum atomic E-state index is 14.3. The number of aromatic nitrogens is 1. The third-order valence-corrected chi connectivity index (χ3v) is 14.1. The largest absolute Gasteiger partial charge is 0.346 e. The number of H-pyrrole nitrogens is 1. The number of Topliss-reactive ketones (excluding diaryl/α,β-unsaturated/α-hetero) is 1. The van der Waals surface area contributed by atoms with E-state index in [9.17, 15) is 22.8 Å². The number of rotatable bonds is 7. The highest BCUT2D eigenvalue weighted by Crippen LogP contribution is 2.44. The van der Waals surface area contributed by atoms with Crippen LogP contribution in [0, 0.1) is 19.8 Å². The van der Waals surface area contributed by atoms with E-state index in [1.54, 1.807) is 16.2 Å². The van der Waals surface area contributed by atoms with Crippen LogP contribution in [0.2, 0.25) is 0 Å². The summed E-state index contributed by atoms with van der Waals surface area (Å²) in [7, 11) is -3.05. The van der Waals surface area contributed by atoms with Crippen molar-refractivity contribution in [2.24, 2.45) is 5.92 Å². The second-order valence-electron chi connectivity index (χ2n) is 14.9. The molecule has 47 heavy (non-hydrogen) atoms. The minimum atomic E-state index is -3.05. The zero-order chi connectivity index (χ0) is 33.2. The zero-order valence-electron chi connectivity index (χ0n) is 27.9. The average Bonchev–Trinajstić information content (AvgIpc) is 3.80. The van der Waals surface area contributed by atoms with Crippen LogP contribution in [0.25, 0.3) is 21.5 Å². The van der Waals surface area contributed by atoms with Crippen LogP contribution in [0.5, 0.6) is 0 Å². The van der Waals surface area contributed by atoms with Crippen molar-refractivity contribution in [3.8, 4) is 11.3 Å². The summed E-state index contributed by atoms with van der Waals surface area (Å²) in [5, 5.41) is 0.875. The predicted octanol–water partition coefficient (Wildman–Crippen LogP) is 5.10. The van der Waals surface area contributed by atoms with Gasteiger partial charge in [0.05, 0.1) is 34.7 Å². The van der Waals surface area contributed by atoms with E-state index in [1.165, 1.54) is 0 Å². The van der Waals surface area contributed by atoms with E-state index in [2.05, 4.69) is 52.9 Å². The monoisotopic (exact) mass is 678 g/mol. The van der Waals surface area contributed by atoms with Crippen molar-refractivity contribution in [3.05, 3.63) is 45.8 Å². The highest BCUT2D eigenvalue weighted by Gasteiger charge is 2.47. The normalized spacial score (nSPS) is 23.6. The third kappa shape index (κ3) is 6.08. The fourth-order valence-electron chi connectivity index (χ4n) is 8.40. The van der Waals surface area contributed by atoms with Gasteiger partial charge in [-0.2, -0.15) is 0 Å². The number of hydrogen-bond donors (Lipinski definition) is 1. The first-order valence-corrected chi connectivity index (χ1v) is 19.8. The zero-order valence-corrected chi connectivity index (χ0v) is 29.6. The number of piperidine rings is 1. The number of likely N-dealkylation sites (tertiary alicyclic amines) is 1. The molecule has 7 rings (SSSR count). The molecule has 4 fully saturated rings. The molecule has 4 aliphatic rings. The van der Waals surface area contributed by atoms with E-state index in [1.807, 2.05) is 13.8 Å². The van der Waals surface area contributed by atoms with Crippen LogP contribution in [0.15, 0.2) is 24.3 Å². The Balaban J connectivity index is 1.13. The fraction of sp³-hybridized carbons (Fsp3) is 0.583. The summed E-state index contributed by atoms with van der Waals surface area (Å²) in [5.74, 6) is 0.196. The number of sulfone groups is 1. The Labute approximate surface area is 281 Å². The van der Waals surface area contributed by atoms with E-state index in [-0.39, 0.29) is 54.7 Å². The first kappa shape index (κ1) is 32.5. The van der Waals surface area contributed by atoms with Crippen LogP contribution < -0.4 is 0 Å². The van der Waals surface area contributed by atoms with Crippen molar-refractivity contribution in [2.75, 3.05) is 44.2 Å². The van der Waals surface area contributed by atoms with Gasteiger partial charge < -0.3 is 14.8 Å².